The molecular formula is C16H25N5O3. The topological polar surface area (TPSA) is 89.4 Å². The van der Waals surface area contributed by atoms with Crippen molar-refractivity contribution < 1.29 is 14.3 Å². The molecule has 2 heterocycles. The van der Waals surface area contributed by atoms with E-state index in [9.17, 15) is 9.59 Å². The number of carbonyl (C=O) groups is 2. The molecule has 0 aromatic carbocycles. The Labute approximate surface area is 141 Å². The molecule has 1 aliphatic heterocycles. The van der Waals surface area contributed by atoms with E-state index < -0.39 is 11.7 Å². The van der Waals surface area contributed by atoms with Crippen molar-refractivity contribution in [2.75, 3.05) is 13.1 Å². The predicted molar refractivity (Wildman–Crippen MR) is 88.1 cm³/mol. The van der Waals surface area contributed by atoms with Gasteiger partial charge in [-0.2, -0.15) is 0 Å². The first-order chi connectivity index (χ1) is 11.3. The minimum Gasteiger partial charge on any atom is -0.444 e. The van der Waals surface area contributed by atoms with Gasteiger partial charge in [0, 0.05) is 13.1 Å². The lowest BCUT2D eigenvalue weighted by atomic mass is 10.1. The second-order valence-electron chi connectivity index (χ2n) is 6.83. The number of ether oxygens (including phenoxy) is 1. The van der Waals surface area contributed by atoms with Crippen LogP contribution in [-0.2, 0) is 16.1 Å². The molecule has 0 radical (unpaired) electrons. The summed E-state index contributed by atoms with van der Waals surface area (Å²) in [5.74, 6) is -0.0633. The first-order valence-electron chi connectivity index (χ1n) is 8.07. The van der Waals surface area contributed by atoms with Crippen LogP contribution in [0.3, 0.4) is 0 Å². The van der Waals surface area contributed by atoms with Crippen LogP contribution in [0, 0.1) is 0 Å². The molecule has 0 spiro atoms. The van der Waals surface area contributed by atoms with Crippen LogP contribution in [0.15, 0.2) is 18.9 Å². The number of hydrogen-bond donors (Lipinski definition) is 1. The summed E-state index contributed by atoms with van der Waals surface area (Å²) in [5.41, 5.74) is 0.110. The summed E-state index contributed by atoms with van der Waals surface area (Å²) in [4.78, 5) is 25.2. The Kier molecular flexibility index (Phi) is 5.58. The summed E-state index contributed by atoms with van der Waals surface area (Å²) >= 11 is 0. The molecule has 1 N–H and O–H groups in total. The Hall–Kier alpha value is -2.38. The van der Waals surface area contributed by atoms with E-state index in [0.29, 0.717) is 12.2 Å². The fraction of sp³-hybridized carbons (Fsp3) is 0.625. The van der Waals surface area contributed by atoms with Crippen molar-refractivity contribution >= 4 is 12.0 Å². The van der Waals surface area contributed by atoms with Gasteiger partial charge in [-0.1, -0.05) is 11.8 Å². The standard InChI is InChI=1S/C16H25N5O3/c1-5-14(22)20-8-6-7-13(11-20)21-10-12(18-19-21)9-17-15(23)24-16(2,3)4/h5,10,13H,1,6-9,11H2,2-4H3,(H,17,23). The molecule has 1 atom stereocenters. The number of aromatic nitrogens is 3. The summed E-state index contributed by atoms with van der Waals surface area (Å²) in [7, 11) is 0. The SMILES string of the molecule is C=CC(=O)N1CCCC(n2cc(CNC(=O)OC(C)(C)C)nn2)C1. The number of rotatable bonds is 4. The molecule has 2 rings (SSSR count). The van der Waals surface area contributed by atoms with E-state index in [0.717, 1.165) is 19.4 Å². The van der Waals surface area contributed by atoms with Crippen LogP contribution in [0.5, 0.6) is 0 Å². The average Bonchev–Trinajstić information content (AvgIpc) is 2.99. The molecule has 0 bridgehead atoms. The van der Waals surface area contributed by atoms with Crippen molar-refractivity contribution in [2.24, 2.45) is 0 Å². The van der Waals surface area contributed by atoms with Gasteiger partial charge in [0.2, 0.25) is 5.91 Å². The van der Waals surface area contributed by atoms with Crippen LogP contribution < -0.4 is 5.32 Å². The number of nitrogens with one attached hydrogen (secondary N) is 1. The molecule has 132 valence electrons. The van der Waals surface area contributed by atoms with E-state index in [1.165, 1.54) is 6.08 Å². The van der Waals surface area contributed by atoms with Crippen molar-refractivity contribution in [3.05, 3.63) is 24.5 Å². The van der Waals surface area contributed by atoms with Gasteiger partial charge in [-0.15, -0.1) is 5.10 Å². The second-order valence-corrected chi connectivity index (χ2v) is 6.83. The lowest BCUT2D eigenvalue weighted by Crippen LogP contribution is -2.40. The van der Waals surface area contributed by atoms with Crippen LogP contribution in [0.4, 0.5) is 4.79 Å². The van der Waals surface area contributed by atoms with Crippen LogP contribution in [-0.4, -0.2) is 50.6 Å². The third kappa shape index (κ3) is 5.07. The van der Waals surface area contributed by atoms with E-state index in [1.807, 2.05) is 20.8 Å². The molecule has 24 heavy (non-hydrogen) atoms. The monoisotopic (exact) mass is 335 g/mol. The highest BCUT2D eigenvalue weighted by atomic mass is 16.6. The summed E-state index contributed by atoms with van der Waals surface area (Å²) in [5, 5.41) is 10.8. The number of alkyl carbamates (subject to hydrolysis) is 1. The Balaban J connectivity index is 1.89. The fourth-order valence-electron chi connectivity index (χ4n) is 2.55. The van der Waals surface area contributed by atoms with Crippen LogP contribution >= 0.6 is 0 Å². The van der Waals surface area contributed by atoms with E-state index >= 15 is 0 Å². The van der Waals surface area contributed by atoms with Crippen molar-refractivity contribution in [1.29, 1.82) is 0 Å². The number of amides is 2. The molecule has 8 heteroatoms. The van der Waals surface area contributed by atoms with Gasteiger partial charge in [0.05, 0.1) is 18.8 Å². The van der Waals surface area contributed by atoms with Crippen molar-refractivity contribution in [3.8, 4) is 0 Å². The maximum atomic E-state index is 11.7. The number of likely N-dealkylation sites (tertiary alicyclic amines) is 1. The van der Waals surface area contributed by atoms with Gasteiger partial charge >= 0.3 is 6.09 Å². The molecule has 1 aliphatic rings. The number of nitrogens with zero attached hydrogens (tertiary/aromatic N) is 4. The summed E-state index contributed by atoms with van der Waals surface area (Å²) in [6.07, 6.45) is 4.49. The molecule has 1 saturated heterocycles. The molecule has 1 aromatic rings. The third-order valence-electron chi connectivity index (χ3n) is 3.63. The summed E-state index contributed by atoms with van der Waals surface area (Å²) in [6, 6.07) is 0.0884. The van der Waals surface area contributed by atoms with E-state index in [4.69, 9.17) is 4.74 Å². The minimum absolute atomic E-state index is 0.0633. The highest BCUT2D eigenvalue weighted by Gasteiger charge is 2.24. The summed E-state index contributed by atoms with van der Waals surface area (Å²) in [6.45, 7) is 10.5. The molecule has 0 saturated carbocycles. The normalized spacial score (nSPS) is 18.1. The minimum atomic E-state index is -0.537. The zero-order valence-electron chi connectivity index (χ0n) is 14.5. The number of carbonyl (C=O) groups excluding carboxylic acids is 2. The highest BCUT2D eigenvalue weighted by molar-refractivity contribution is 5.87. The largest absolute Gasteiger partial charge is 0.444 e. The number of piperidine rings is 1. The molecule has 2 amide bonds. The Morgan fingerprint density at radius 2 is 2.25 bits per heavy atom. The molecule has 0 aliphatic carbocycles. The van der Waals surface area contributed by atoms with Gasteiger partial charge in [-0.25, -0.2) is 9.48 Å². The van der Waals surface area contributed by atoms with Crippen molar-refractivity contribution in [2.45, 2.75) is 51.8 Å². The highest BCUT2D eigenvalue weighted by Crippen LogP contribution is 2.21. The first-order valence-corrected chi connectivity index (χ1v) is 8.07. The molecule has 1 aromatic heterocycles. The quantitative estimate of drug-likeness (QED) is 0.845. The maximum Gasteiger partial charge on any atom is 0.407 e. The van der Waals surface area contributed by atoms with Crippen molar-refractivity contribution in [3.63, 3.8) is 0 Å². The van der Waals surface area contributed by atoms with Gasteiger partial charge in [-0.05, 0) is 39.7 Å². The van der Waals surface area contributed by atoms with Crippen LogP contribution in [0.1, 0.15) is 45.3 Å². The maximum absolute atomic E-state index is 11.7. The average molecular weight is 335 g/mol. The Morgan fingerprint density at radius 1 is 1.50 bits per heavy atom. The molecular weight excluding hydrogens is 310 g/mol. The van der Waals surface area contributed by atoms with Crippen LogP contribution in [0.2, 0.25) is 0 Å². The lowest BCUT2D eigenvalue weighted by Gasteiger charge is -2.31. The van der Waals surface area contributed by atoms with E-state index in [1.54, 1.807) is 15.8 Å². The second kappa shape index (κ2) is 7.46. The van der Waals surface area contributed by atoms with E-state index in [-0.39, 0.29) is 18.5 Å². The van der Waals surface area contributed by atoms with Gasteiger partial charge in [0.1, 0.15) is 11.3 Å². The van der Waals surface area contributed by atoms with Gasteiger partial charge in [0.25, 0.3) is 0 Å². The molecule has 8 nitrogen and oxygen atoms in total. The Morgan fingerprint density at radius 3 is 2.92 bits per heavy atom. The zero-order valence-corrected chi connectivity index (χ0v) is 14.5. The number of hydrogen-bond acceptors (Lipinski definition) is 5. The third-order valence-corrected chi connectivity index (χ3v) is 3.63. The van der Waals surface area contributed by atoms with Gasteiger partial charge in [-0.3, -0.25) is 4.79 Å². The van der Waals surface area contributed by atoms with Gasteiger partial charge in [0.15, 0.2) is 0 Å². The Bertz CT molecular complexity index is 605. The zero-order chi connectivity index (χ0) is 17.7. The predicted octanol–water partition coefficient (Wildman–Crippen LogP) is 1.65. The molecule has 1 unspecified atom stereocenters. The van der Waals surface area contributed by atoms with Crippen molar-refractivity contribution in [1.82, 2.24) is 25.2 Å². The smallest absolute Gasteiger partial charge is 0.407 e. The first kappa shape index (κ1) is 18.0. The fourth-order valence-corrected chi connectivity index (χ4v) is 2.55. The molecule has 1 fully saturated rings. The summed E-state index contributed by atoms with van der Waals surface area (Å²) < 4.78 is 6.94. The lowest BCUT2D eigenvalue weighted by molar-refractivity contribution is -0.127. The van der Waals surface area contributed by atoms with Crippen LogP contribution in [0.25, 0.3) is 0 Å². The van der Waals surface area contributed by atoms with Gasteiger partial charge < -0.3 is 15.0 Å². The van der Waals surface area contributed by atoms with E-state index in [2.05, 4.69) is 22.2 Å².